The Morgan fingerprint density at radius 3 is 2.37 bits per heavy atom. The number of benzene rings is 1. The van der Waals surface area contributed by atoms with Gasteiger partial charge in [-0.05, 0) is 36.6 Å². The first kappa shape index (κ1) is 16.2. The summed E-state index contributed by atoms with van der Waals surface area (Å²) in [5.74, 6) is 0.857. The molecule has 0 fully saturated rings. The van der Waals surface area contributed by atoms with Crippen molar-refractivity contribution in [2.24, 2.45) is 0 Å². The standard InChI is InChI=1S/C15H21BrO3/c1-5-15(6-2,19-4)14(17)10-11-9-12(18-3)7-8-13(11)16/h7-9H,5-6,10H2,1-4H3. The Morgan fingerprint density at radius 1 is 1.26 bits per heavy atom. The summed E-state index contributed by atoms with van der Waals surface area (Å²) in [7, 11) is 3.22. The molecule has 0 radical (unpaired) electrons. The van der Waals surface area contributed by atoms with E-state index in [9.17, 15) is 4.79 Å². The normalized spacial score (nSPS) is 11.4. The van der Waals surface area contributed by atoms with Gasteiger partial charge >= 0.3 is 0 Å². The SMILES string of the molecule is CCC(CC)(OC)C(=O)Cc1cc(OC)ccc1Br. The van der Waals surface area contributed by atoms with E-state index in [4.69, 9.17) is 9.47 Å². The van der Waals surface area contributed by atoms with Gasteiger partial charge < -0.3 is 9.47 Å². The molecule has 4 heteroatoms. The van der Waals surface area contributed by atoms with Crippen molar-refractivity contribution in [3.8, 4) is 5.75 Å². The van der Waals surface area contributed by atoms with Gasteiger partial charge in [0.05, 0.1) is 7.11 Å². The Bertz CT molecular complexity index is 431. The summed E-state index contributed by atoms with van der Waals surface area (Å²) in [4.78, 5) is 12.5. The molecular formula is C15H21BrO3. The van der Waals surface area contributed by atoms with E-state index in [1.54, 1.807) is 14.2 Å². The van der Waals surface area contributed by atoms with Crippen LogP contribution in [0.25, 0.3) is 0 Å². The van der Waals surface area contributed by atoms with Crippen molar-refractivity contribution in [2.45, 2.75) is 38.7 Å². The van der Waals surface area contributed by atoms with Crippen molar-refractivity contribution in [1.29, 1.82) is 0 Å². The Hall–Kier alpha value is -0.870. The zero-order valence-electron chi connectivity index (χ0n) is 12.0. The lowest BCUT2D eigenvalue weighted by Crippen LogP contribution is -2.40. The molecule has 0 aliphatic rings. The second kappa shape index (κ2) is 7.06. The average molecular weight is 329 g/mol. The van der Waals surface area contributed by atoms with Crippen LogP contribution in [0.3, 0.4) is 0 Å². The van der Waals surface area contributed by atoms with E-state index in [2.05, 4.69) is 15.9 Å². The molecule has 0 saturated carbocycles. The highest BCUT2D eigenvalue weighted by atomic mass is 79.9. The van der Waals surface area contributed by atoms with Crippen LogP contribution in [0.15, 0.2) is 22.7 Å². The molecule has 3 nitrogen and oxygen atoms in total. The van der Waals surface area contributed by atoms with Gasteiger partial charge in [0.15, 0.2) is 5.78 Å². The minimum absolute atomic E-state index is 0.106. The number of hydrogen-bond acceptors (Lipinski definition) is 3. The predicted molar refractivity (Wildman–Crippen MR) is 79.7 cm³/mol. The van der Waals surface area contributed by atoms with Gasteiger partial charge in [0.1, 0.15) is 11.4 Å². The number of Topliss-reactive ketones (excluding diaryl/α,β-unsaturated/α-hetero) is 1. The lowest BCUT2D eigenvalue weighted by atomic mass is 9.88. The van der Waals surface area contributed by atoms with Crippen LogP contribution in [0.1, 0.15) is 32.3 Å². The molecule has 0 spiro atoms. The van der Waals surface area contributed by atoms with Gasteiger partial charge in [-0.1, -0.05) is 29.8 Å². The fourth-order valence-corrected chi connectivity index (χ4v) is 2.58. The maximum atomic E-state index is 12.5. The molecule has 0 unspecified atom stereocenters. The number of carbonyl (C=O) groups excluding carboxylic acids is 1. The molecule has 0 N–H and O–H groups in total. The summed E-state index contributed by atoms with van der Waals surface area (Å²) >= 11 is 3.47. The van der Waals surface area contributed by atoms with Crippen molar-refractivity contribution >= 4 is 21.7 Å². The van der Waals surface area contributed by atoms with Gasteiger partial charge in [0.25, 0.3) is 0 Å². The average Bonchev–Trinajstić information content (AvgIpc) is 2.44. The van der Waals surface area contributed by atoms with Crippen molar-refractivity contribution in [2.75, 3.05) is 14.2 Å². The molecular weight excluding hydrogens is 308 g/mol. The molecule has 1 aromatic rings. The van der Waals surface area contributed by atoms with Gasteiger partial charge in [-0.2, -0.15) is 0 Å². The molecule has 0 atom stereocenters. The van der Waals surface area contributed by atoms with E-state index < -0.39 is 5.60 Å². The van der Waals surface area contributed by atoms with Gasteiger partial charge in [0, 0.05) is 18.0 Å². The predicted octanol–water partition coefficient (Wildman–Crippen LogP) is 3.77. The highest BCUT2D eigenvalue weighted by Gasteiger charge is 2.34. The van der Waals surface area contributed by atoms with Gasteiger partial charge in [0.2, 0.25) is 0 Å². The Morgan fingerprint density at radius 2 is 1.89 bits per heavy atom. The summed E-state index contributed by atoms with van der Waals surface area (Å²) in [6, 6.07) is 5.64. The second-order valence-electron chi connectivity index (χ2n) is 4.46. The monoisotopic (exact) mass is 328 g/mol. The minimum Gasteiger partial charge on any atom is -0.497 e. The third kappa shape index (κ3) is 3.57. The van der Waals surface area contributed by atoms with Crippen LogP contribution in [-0.4, -0.2) is 25.6 Å². The molecule has 1 rings (SSSR count). The lowest BCUT2D eigenvalue weighted by molar-refractivity contribution is -0.141. The smallest absolute Gasteiger partial charge is 0.168 e. The first-order valence-electron chi connectivity index (χ1n) is 6.43. The zero-order chi connectivity index (χ0) is 14.5. The van der Waals surface area contributed by atoms with Crippen LogP contribution >= 0.6 is 15.9 Å². The number of halogens is 1. The summed E-state index contributed by atoms with van der Waals surface area (Å²) in [5.41, 5.74) is 0.246. The van der Waals surface area contributed by atoms with Crippen molar-refractivity contribution < 1.29 is 14.3 Å². The third-order valence-electron chi connectivity index (χ3n) is 3.65. The first-order valence-corrected chi connectivity index (χ1v) is 7.23. The molecule has 0 saturated heterocycles. The highest BCUT2D eigenvalue weighted by molar-refractivity contribution is 9.10. The minimum atomic E-state index is -0.678. The zero-order valence-corrected chi connectivity index (χ0v) is 13.5. The number of ketones is 1. The van der Waals surface area contributed by atoms with E-state index >= 15 is 0 Å². The van der Waals surface area contributed by atoms with Crippen LogP contribution in [0.2, 0.25) is 0 Å². The number of carbonyl (C=O) groups is 1. The maximum absolute atomic E-state index is 12.5. The van der Waals surface area contributed by atoms with Crippen LogP contribution in [-0.2, 0) is 16.0 Å². The van der Waals surface area contributed by atoms with Crippen molar-refractivity contribution in [3.63, 3.8) is 0 Å². The molecule has 0 aliphatic heterocycles. The quantitative estimate of drug-likeness (QED) is 0.764. The topological polar surface area (TPSA) is 35.5 Å². The van der Waals surface area contributed by atoms with Crippen LogP contribution in [0, 0.1) is 0 Å². The van der Waals surface area contributed by atoms with Crippen molar-refractivity contribution in [3.05, 3.63) is 28.2 Å². The van der Waals surface area contributed by atoms with E-state index in [1.165, 1.54) is 0 Å². The maximum Gasteiger partial charge on any atom is 0.168 e. The molecule has 19 heavy (non-hydrogen) atoms. The summed E-state index contributed by atoms with van der Waals surface area (Å²) in [6.07, 6.45) is 1.70. The second-order valence-corrected chi connectivity index (χ2v) is 5.32. The first-order chi connectivity index (χ1) is 9.02. The van der Waals surface area contributed by atoms with Gasteiger partial charge in [-0.15, -0.1) is 0 Å². The molecule has 106 valence electrons. The van der Waals surface area contributed by atoms with E-state index in [0.29, 0.717) is 19.3 Å². The molecule has 0 heterocycles. The van der Waals surface area contributed by atoms with Gasteiger partial charge in [-0.3, -0.25) is 4.79 Å². The Balaban J connectivity index is 2.98. The number of hydrogen-bond donors (Lipinski definition) is 0. The summed E-state index contributed by atoms with van der Waals surface area (Å²) in [5, 5.41) is 0. The van der Waals surface area contributed by atoms with Gasteiger partial charge in [-0.25, -0.2) is 0 Å². The molecule has 0 aromatic heterocycles. The van der Waals surface area contributed by atoms with Crippen LogP contribution in [0.5, 0.6) is 5.75 Å². The number of ether oxygens (including phenoxy) is 2. The van der Waals surface area contributed by atoms with E-state index in [1.807, 2.05) is 32.0 Å². The fraction of sp³-hybridized carbons (Fsp3) is 0.533. The molecule has 0 bridgehead atoms. The fourth-order valence-electron chi connectivity index (χ4n) is 2.19. The van der Waals surface area contributed by atoms with Crippen LogP contribution < -0.4 is 4.74 Å². The highest BCUT2D eigenvalue weighted by Crippen LogP contribution is 2.27. The summed E-state index contributed by atoms with van der Waals surface area (Å²) < 4.78 is 11.6. The molecule has 0 amide bonds. The van der Waals surface area contributed by atoms with E-state index in [-0.39, 0.29) is 5.78 Å². The molecule has 1 aromatic carbocycles. The van der Waals surface area contributed by atoms with Crippen LogP contribution in [0.4, 0.5) is 0 Å². The van der Waals surface area contributed by atoms with E-state index in [0.717, 1.165) is 15.8 Å². The largest absolute Gasteiger partial charge is 0.497 e. The van der Waals surface area contributed by atoms with Crippen molar-refractivity contribution in [1.82, 2.24) is 0 Å². The summed E-state index contributed by atoms with van der Waals surface area (Å²) in [6.45, 7) is 3.96. The lowest BCUT2D eigenvalue weighted by Gasteiger charge is -2.28. The Kier molecular flexibility index (Phi) is 6.01. The molecule has 0 aliphatic carbocycles. The number of methoxy groups -OCH3 is 2. The third-order valence-corrected chi connectivity index (χ3v) is 4.42. The number of rotatable bonds is 7. The Labute approximate surface area is 123 Å².